The minimum absolute atomic E-state index is 0.119. The maximum atomic E-state index is 12.7. The van der Waals surface area contributed by atoms with Gasteiger partial charge in [-0.3, -0.25) is 0 Å². The molecule has 1 aromatic rings. The third-order valence-corrected chi connectivity index (χ3v) is 6.31. The number of rotatable bonds is 5. The number of nitrogens with one attached hydrogen (secondary N) is 1. The first-order valence-corrected chi connectivity index (χ1v) is 8.83. The van der Waals surface area contributed by atoms with Gasteiger partial charge < -0.3 is 9.88 Å². The summed E-state index contributed by atoms with van der Waals surface area (Å²) in [5.41, 5.74) is 1.03. The van der Waals surface area contributed by atoms with Gasteiger partial charge in [0.2, 0.25) is 10.0 Å². The van der Waals surface area contributed by atoms with Gasteiger partial charge in [0.15, 0.2) is 0 Å². The van der Waals surface area contributed by atoms with Crippen LogP contribution < -0.4 is 5.32 Å². The molecule has 5 nitrogen and oxygen atoms in total. The van der Waals surface area contributed by atoms with E-state index in [0.717, 1.165) is 25.1 Å². The van der Waals surface area contributed by atoms with Crippen molar-refractivity contribution in [1.82, 2.24) is 14.2 Å². The lowest BCUT2D eigenvalue weighted by Crippen LogP contribution is -2.33. The molecule has 1 saturated carbocycles. The van der Waals surface area contributed by atoms with Gasteiger partial charge in [-0.25, -0.2) is 8.42 Å². The minimum Gasteiger partial charge on any atom is -0.352 e. The van der Waals surface area contributed by atoms with E-state index in [1.807, 2.05) is 24.6 Å². The Hall–Kier alpha value is -0.850. The Labute approximate surface area is 121 Å². The summed E-state index contributed by atoms with van der Waals surface area (Å²) in [4.78, 5) is 0.432. The Morgan fingerprint density at radius 1 is 1.35 bits per heavy atom. The predicted molar refractivity (Wildman–Crippen MR) is 77.9 cm³/mol. The van der Waals surface area contributed by atoms with E-state index in [1.165, 1.54) is 12.8 Å². The van der Waals surface area contributed by atoms with Crippen LogP contribution in [0.5, 0.6) is 0 Å². The largest absolute Gasteiger partial charge is 0.352 e. The third-order valence-electron chi connectivity index (χ3n) is 4.33. The van der Waals surface area contributed by atoms with Gasteiger partial charge in [-0.2, -0.15) is 4.31 Å². The van der Waals surface area contributed by atoms with Gasteiger partial charge in [0, 0.05) is 44.1 Å². The molecule has 0 radical (unpaired) electrons. The van der Waals surface area contributed by atoms with E-state index in [9.17, 15) is 8.42 Å². The van der Waals surface area contributed by atoms with Crippen LogP contribution in [0.1, 0.15) is 38.3 Å². The number of sulfonamides is 1. The van der Waals surface area contributed by atoms with E-state index in [1.54, 1.807) is 10.5 Å². The van der Waals surface area contributed by atoms with Crippen LogP contribution >= 0.6 is 0 Å². The van der Waals surface area contributed by atoms with Crippen molar-refractivity contribution in [2.24, 2.45) is 7.05 Å². The number of nitrogens with zero attached hydrogens (tertiary/aromatic N) is 2. The van der Waals surface area contributed by atoms with Crippen molar-refractivity contribution in [1.29, 1.82) is 0 Å². The Morgan fingerprint density at radius 2 is 2.10 bits per heavy atom. The molecule has 1 aromatic heterocycles. The molecule has 2 aliphatic rings. The fourth-order valence-electron chi connectivity index (χ4n) is 2.83. The molecule has 0 aromatic carbocycles. The summed E-state index contributed by atoms with van der Waals surface area (Å²) in [6, 6.07) is 2.56. The van der Waals surface area contributed by atoms with Crippen LogP contribution in [0, 0.1) is 0 Å². The highest BCUT2D eigenvalue weighted by atomic mass is 32.2. The molecular formula is C14H23N3O2S. The van der Waals surface area contributed by atoms with Crippen LogP contribution in [0.2, 0.25) is 0 Å². The van der Waals surface area contributed by atoms with Crippen LogP contribution in [0.15, 0.2) is 17.2 Å². The van der Waals surface area contributed by atoms with Crippen molar-refractivity contribution in [2.75, 3.05) is 6.54 Å². The molecule has 1 aliphatic heterocycles. The van der Waals surface area contributed by atoms with E-state index >= 15 is 0 Å². The van der Waals surface area contributed by atoms with Crippen molar-refractivity contribution in [3.05, 3.63) is 18.0 Å². The zero-order valence-corrected chi connectivity index (χ0v) is 13.0. The molecule has 20 heavy (non-hydrogen) atoms. The smallest absolute Gasteiger partial charge is 0.244 e. The van der Waals surface area contributed by atoms with Crippen LogP contribution in [0.25, 0.3) is 0 Å². The van der Waals surface area contributed by atoms with E-state index in [0.29, 0.717) is 17.5 Å². The van der Waals surface area contributed by atoms with Crippen molar-refractivity contribution in [2.45, 2.75) is 56.1 Å². The summed E-state index contributed by atoms with van der Waals surface area (Å²) in [6.45, 7) is 3.38. The first-order chi connectivity index (χ1) is 9.48. The molecule has 1 unspecified atom stereocenters. The second-order valence-corrected chi connectivity index (χ2v) is 7.93. The number of hydrogen-bond acceptors (Lipinski definition) is 3. The van der Waals surface area contributed by atoms with Gasteiger partial charge in [-0.15, -0.1) is 0 Å². The van der Waals surface area contributed by atoms with E-state index in [-0.39, 0.29) is 6.04 Å². The van der Waals surface area contributed by atoms with Gasteiger partial charge in [0.25, 0.3) is 0 Å². The number of aryl methyl sites for hydroxylation is 1. The summed E-state index contributed by atoms with van der Waals surface area (Å²) < 4.78 is 28.9. The summed E-state index contributed by atoms with van der Waals surface area (Å²) in [6.07, 6.45) is 6.14. The molecule has 1 aliphatic carbocycles. The molecule has 0 spiro atoms. The molecular weight excluding hydrogens is 274 g/mol. The average molecular weight is 297 g/mol. The molecule has 2 fully saturated rings. The predicted octanol–water partition coefficient (Wildman–Crippen LogP) is 1.45. The average Bonchev–Trinajstić information content (AvgIpc) is 2.99. The zero-order valence-electron chi connectivity index (χ0n) is 12.2. The van der Waals surface area contributed by atoms with E-state index < -0.39 is 10.0 Å². The molecule has 112 valence electrons. The zero-order chi connectivity index (χ0) is 14.3. The number of aromatic nitrogens is 1. The van der Waals surface area contributed by atoms with Crippen LogP contribution in [0.3, 0.4) is 0 Å². The highest BCUT2D eigenvalue weighted by Crippen LogP contribution is 2.27. The Morgan fingerprint density at radius 3 is 2.70 bits per heavy atom. The fourth-order valence-corrected chi connectivity index (χ4v) is 4.63. The molecule has 2 heterocycles. The second kappa shape index (κ2) is 5.16. The third kappa shape index (κ3) is 2.64. The SMILES string of the molecule is CC1CCCN1S(=O)(=O)c1cc(CNC2CC2)n(C)c1. The quantitative estimate of drug-likeness (QED) is 0.895. The highest BCUT2D eigenvalue weighted by molar-refractivity contribution is 7.89. The molecule has 6 heteroatoms. The topological polar surface area (TPSA) is 54.3 Å². The summed E-state index contributed by atoms with van der Waals surface area (Å²) >= 11 is 0. The molecule has 1 N–H and O–H groups in total. The van der Waals surface area contributed by atoms with E-state index in [2.05, 4.69) is 5.32 Å². The van der Waals surface area contributed by atoms with Gasteiger partial charge >= 0.3 is 0 Å². The highest BCUT2D eigenvalue weighted by Gasteiger charge is 2.33. The lowest BCUT2D eigenvalue weighted by atomic mass is 10.3. The second-order valence-electron chi connectivity index (χ2n) is 6.04. The standard InChI is InChI=1S/C14H23N3O2S/c1-11-4-3-7-17(11)20(18,19)14-8-13(16(2)10-14)9-15-12-5-6-12/h8,10-12,15H,3-7,9H2,1-2H3. The van der Waals surface area contributed by atoms with Gasteiger partial charge in [0.05, 0.1) is 0 Å². The summed E-state index contributed by atoms with van der Waals surface area (Å²) in [7, 11) is -1.41. The van der Waals surface area contributed by atoms with Crippen molar-refractivity contribution < 1.29 is 8.42 Å². The van der Waals surface area contributed by atoms with Crippen LogP contribution in [0.4, 0.5) is 0 Å². The molecule has 0 amide bonds. The molecule has 0 bridgehead atoms. The van der Waals surface area contributed by atoms with Gasteiger partial charge in [0.1, 0.15) is 4.90 Å². The Balaban J connectivity index is 1.80. The lowest BCUT2D eigenvalue weighted by molar-refractivity contribution is 0.408. The summed E-state index contributed by atoms with van der Waals surface area (Å²) in [5.74, 6) is 0. The van der Waals surface area contributed by atoms with Gasteiger partial charge in [-0.05, 0) is 38.7 Å². The van der Waals surface area contributed by atoms with Crippen LogP contribution in [-0.2, 0) is 23.6 Å². The molecule has 1 atom stereocenters. The van der Waals surface area contributed by atoms with E-state index in [4.69, 9.17) is 0 Å². The molecule has 3 rings (SSSR count). The lowest BCUT2D eigenvalue weighted by Gasteiger charge is -2.19. The first-order valence-electron chi connectivity index (χ1n) is 7.39. The first kappa shape index (κ1) is 14.1. The normalized spacial score (nSPS) is 24.4. The fraction of sp³-hybridized carbons (Fsp3) is 0.714. The summed E-state index contributed by atoms with van der Waals surface area (Å²) in [5, 5.41) is 3.43. The van der Waals surface area contributed by atoms with Crippen molar-refractivity contribution in [3.63, 3.8) is 0 Å². The van der Waals surface area contributed by atoms with Crippen LogP contribution in [-0.4, -0.2) is 35.9 Å². The number of hydrogen-bond donors (Lipinski definition) is 1. The maximum Gasteiger partial charge on any atom is 0.244 e. The van der Waals surface area contributed by atoms with Gasteiger partial charge in [-0.1, -0.05) is 0 Å². The van der Waals surface area contributed by atoms with Crippen molar-refractivity contribution in [3.8, 4) is 0 Å². The monoisotopic (exact) mass is 297 g/mol. The molecule has 1 saturated heterocycles. The maximum absolute atomic E-state index is 12.7. The Bertz CT molecular complexity index is 590. The Kier molecular flexibility index (Phi) is 3.64. The minimum atomic E-state index is -3.33. The van der Waals surface area contributed by atoms with Crippen molar-refractivity contribution >= 4 is 10.0 Å².